The lowest BCUT2D eigenvalue weighted by Gasteiger charge is -2.29. The molecule has 2 aromatic rings. The summed E-state index contributed by atoms with van der Waals surface area (Å²) in [6.07, 6.45) is 8.28. The molecule has 0 atom stereocenters. The van der Waals surface area contributed by atoms with E-state index in [1.807, 2.05) is 0 Å². The van der Waals surface area contributed by atoms with Crippen molar-refractivity contribution < 1.29 is 18.7 Å². The number of hydrogen-bond acceptors (Lipinski definition) is 5. The van der Waals surface area contributed by atoms with Gasteiger partial charge in [-0.15, -0.1) is 0 Å². The first-order valence-electron chi connectivity index (χ1n) is 8.29. The molecule has 1 aromatic heterocycles. The third kappa shape index (κ3) is 5.41. The Morgan fingerprint density at radius 2 is 1.92 bits per heavy atom. The molecule has 0 aliphatic heterocycles. The molecule has 1 aliphatic carbocycles. The maximum atomic E-state index is 12.8. The molecule has 6 nitrogen and oxygen atoms in total. The second-order valence-electron chi connectivity index (χ2n) is 5.95. The summed E-state index contributed by atoms with van der Waals surface area (Å²) in [7, 11) is 0. The maximum absolute atomic E-state index is 12.8. The lowest BCUT2D eigenvalue weighted by Crippen LogP contribution is -2.41. The first-order valence-corrected chi connectivity index (χ1v) is 8.29. The molecule has 0 bridgehead atoms. The Morgan fingerprint density at radius 3 is 2.60 bits per heavy atom. The fraction of sp³-hybridized carbons (Fsp3) is 0.389. The van der Waals surface area contributed by atoms with Crippen molar-refractivity contribution in [1.82, 2.24) is 15.3 Å². The van der Waals surface area contributed by atoms with E-state index in [1.54, 1.807) is 18.6 Å². The van der Waals surface area contributed by atoms with Gasteiger partial charge in [0.1, 0.15) is 17.7 Å². The number of hydrogen-bond donors (Lipinski definition) is 1. The third-order valence-corrected chi connectivity index (χ3v) is 4.05. The van der Waals surface area contributed by atoms with Crippen LogP contribution in [0.2, 0.25) is 0 Å². The van der Waals surface area contributed by atoms with Crippen LogP contribution in [-0.4, -0.2) is 34.6 Å². The van der Waals surface area contributed by atoms with Crippen LogP contribution >= 0.6 is 0 Å². The first kappa shape index (κ1) is 17.1. The van der Waals surface area contributed by atoms with Gasteiger partial charge in [-0.3, -0.25) is 9.78 Å². The number of rotatable bonds is 6. The van der Waals surface area contributed by atoms with E-state index in [9.17, 15) is 9.18 Å². The van der Waals surface area contributed by atoms with Crippen molar-refractivity contribution in [2.45, 2.75) is 37.8 Å². The molecule has 1 amide bonds. The molecule has 0 saturated heterocycles. The van der Waals surface area contributed by atoms with Crippen LogP contribution in [0.1, 0.15) is 25.7 Å². The molecule has 3 rings (SSSR count). The molecular formula is C18H20FN3O3. The number of amides is 1. The van der Waals surface area contributed by atoms with Crippen LogP contribution in [0.3, 0.4) is 0 Å². The highest BCUT2D eigenvalue weighted by molar-refractivity contribution is 5.77. The SMILES string of the molecule is O=C(COc1ccc(F)cc1)NC1CCC(Oc2cnccn2)CC1. The Labute approximate surface area is 145 Å². The molecule has 0 unspecified atom stereocenters. The minimum absolute atomic E-state index is 0.0817. The lowest BCUT2D eigenvalue weighted by molar-refractivity contribution is -0.124. The van der Waals surface area contributed by atoms with E-state index in [1.165, 1.54) is 24.3 Å². The number of ether oxygens (including phenoxy) is 2. The monoisotopic (exact) mass is 345 g/mol. The summed E-state index contributed by atoms with van der Waals surface area (Å²) in [5.74, 6) is 0.486. The van der Waals surface area contributed by atoms with Crippen LogP contribution < -0.4 is 14.8 Å². The topological polar surface area (TPSA) is 73.3 Å². The summed E-state index contributed by atoms with van der Waals surface area (Å²) in [5, 5.41) is 2.96. The van der Waals surface area contributed by atoms with Gasteiger partial charge >= 0.3 is 0 Å². The van der Waals surface area contributed by atoms with E-state index in [0.717, 1.165) is 25.7 Å². The minimum Gasteiger partial charge on any atom is -0.484 e. The van der Waals surface area contributed by atoms with E-state index in [4.69, 9.17) is 9.47 Å². The van der Waals surface area contributed by atoms with Crippen molar-refractivity contribution in [2.24, 2.45) is 0 Å². The number of halogens is 1. The van der Waals surface area contributed by atoms with Crippen molar-refractivity contribution in [3.8, 4) is 11.6 Å². The number of carbonyl (C=O) groups is 1. The van der Waals surface area contributed by atoms with Gasteiger partial charge in [0.15, 0.2) is 6.61 Å². The Kier molecular flexibility index (Phi) is 5.77. The number of benzene rings is 1. The molecule has 1 saturated carbocycles. The van der Waals surface area contributed by atoms with Gasteiger partial charge in [0.25, 0.3) is 5.91 Å². The summed E-state index contributed by atoms with van der Waals surface area (Å²) < 4.78 is 23.9. The molecule has 1 N–H and O–H groups in total. The van der Waals surface area contributed by atoms with E-state index < -0.39 is 0 Å². The van der Waals surface area contributed by atoms with Gasteiger partial charge in [0, 0.05) is 18.4 Å². The molecule has 1 aromatic carbocycles. The van der Waals surface area contributed by atoms with Gasteiger partial charge in [-0.1, -0.05) is 0 Å². The Morgan fingerprint density at radius 1 is 1.16 bits per heavy atom. The zero-order valence-electron chi connectivity index (χ0n) is 13.7. The predicted octanol–water partition coefficient (Wildman–Crippen LogP) is 2.50. The summed E-state index contributed by atoms with van der Waals surface area (Å²) in [6, 6.07) is 5.71. The van der Waals surface area contributed by atoms with Crippen LogP contribution in [0.15, 0.2) is 42.9 Å². The molecule has 1 fully saturated rings. The van der Waals surface area contributed by atoms with Crippen molar-refractivity contribution in [2.75, 3.05) is 6.61 Å². The fourth-order valence-corrected chi connectivity index (χ4v) is 2.79. The molecule has 1 heterocycles. The number of nitrogens with one attached hydrogen (secondary N) is 1. The van der Waals surface area contributed by atoms with Gasteiger partial charge < -0.3 is 14.8 Å². The normalized spacial score (nSPS) is 19.9. The van der Waals surface area contributed by atoms with E-state index in [2.05, 4.69) is 15.3 Å². The van der Waals surface area contributed by atoms with Gasteiger partial charge in [0.05, 0.1) is 6.20 Å². The van der Waals surface area contributed by atoms with Crippen LogP contribution in [-0.2, 0) is 4.79 Å². The molecule has 1 aliphatic rings. The van der Waals surface area contributed by atoms with Crippen LogP contribution in [0, 0.1) is 5.82 Å². The Hall–Kier alpha value is -2.70. The second-order valence-corrected chi connectivity index (χ2v) is 5.95. The van der Waals surface area contributed by atoms with Crippen LogP contribution in [0.4, 0.5) is 4.39 Å². The first-order chi connectivity index (χ1) is 12.2. The Bertz CT molecular complexity index is 674. The number of nitrogens with zero attached hydrogens (tertiary/aromatic N) is 2. The van der Waals surface area contributed by atoms with Crippen molar-refractivity contribution in [1.29, 1.82) is 0 Å². The molecular weight excluding hydrogens is 325 g/mol. The summed E-state index contributed by atoms with van der Waals surface area (Å²) >= 11 is 0. The second kappa shape index (κ2) is 8.41. The van der Waals surface area contributed by atoms with E-state index in [0.29, 0.717) is 11.6 Å². The van der Waals surface area contributed by atoms with Gasteiger partial charge in [0.2, 0.25) is 5.88 Å². The van der Waals surface area contributed by atoms with Gasteiger partial charge in [-0.2, -0.15) is 0 Å². The zero-order chi connectivity index (χ0) is 17.5. The summed E-state index contributed by atoms with van der Waals surface area (Å²) in [4.78, 5) is 20.0. The molecule has 132 valence electrons. The molecule has 25 heavy (non-hydrogen) atoms. The fourth-order valence-electron chi connectivity index (χ4n) is 2.79. The lowest BCUT2D eigenvalue weighted by atomic mass is 9.93. The van der Waals surface area contributed by atoms with Crippen molar-refractivity contribution >= 4 is 5.91 Å². The van der Waals surface area contributed by atoms with E-state index >= 15 is 0 Å². The highest BCUT2D eigenvalue weighted by Gasteiger charge is 2.24. The smallest absolute Gasteiger partial charge is 0.258 e. The average molecular weight is 345 g/mol. The molecule has 7 heteroatoms. The Balaban J connectivity index is 1.36. The zero-order valence-corrected chi connectivity index (χ0v) is 13.7. The summed E-state index contributed by atoms with van der Waals surface area (Å²) in [6.45, 7) is -0.0817. The molecule has 0 spiro atoms. The quantitative estimate of drug-likeness (QED) is 0.871. The van der Waals surface area contributed by atoms with E-state index in [-0.39, 0.29) is 30.5 Å². The maximum Gasteiger partial charge on any atom is 0.258 e. The highest BCUT2D eigenvalue weighted by atomic mass is 19.1. The minimum atomic E-state index is -0.336. The largest absolute Gasteiger partial charge is 0.484 e. The third-order valence-electron chi connectivity index (χ3n) is 4.05. The van der Waals surface area contributed by atoms with Crippen molar-refractivity contribution in [3.63, 3.8) is 0 Å². The van der Waals surface area contributed by atoms with Crippen LogP contribution in [0.5, 0.6) is 11.6 Å². The van der Waals surface area contributed by atoms with Crippen LogP contribution in [0.25, 0.3) is 0 Å². The van der Waals surface area contributed by atoms with Gasteiger partial charge in [-0.05, 0) is 49.9 Å². The number of carbonyl (C=O) groups excluding carboxylic acids is 1. The standard InChI is InChI=1S/C18H20FN3O3/c19-13-1-5-15(6-2-13)24-12-17(23)22-14-3-7-16(8-4-14)25-18-11-20-9-10-21-18/h1-2,5-6,9-11,14,16H,3-4,7-8,12H2,(H,22,23). The summed E-state index contributed by atoms with van der Waals surface area (Å²) in [5.41, 5.74) is 0. The average Bonchev–Trinajstić information content (AvgIpc) is 2.64. The number of aromatic nitrogens is 2. The predicted molar refractivity (Wildman–Crippen MR) is 88.7 cm³/mol. The highest BCUT2D eigenvalue weighted by Crippen LogP contribution is 2.22. The van der Waals surface area contributed by atoms with Gasteiger partial charge in [-0.25, -0.2) is 9.37 Å². The van der Waals surface area contributed by atoms with Crippen molar-refractivity contribution in [3.05, 3.63) is 48.7 Å². The molecule has 0 radical (unpaired) electrons.